The van der Waals surface area contributed by atoms with Gasteiger partial charge in [0.15, 0.2) is 0 Å². The number of imide groups is 1. The van der Waals surface area contributed by atoms with Crippen molar-refractivity contribution in [2.24, 2.45) is 0 Å². The van der Waals surface area contributed by atoms with Crippen LogP contribution in [0, 0.1) is 12.7 Å². The molecule has 0 bridgehead atoms. The van der Waals surface area contributed by atoms with E-state index in [0.29, 0.717) is 42.5 Å². The van der Waals surface area contributed by atoms with Crippen LogP contribution in [-0.4, -0.2) is 42.3 Å². The van der Waals surface area contributed by atoms with E-state index >= 15 is 0 Å². The predicted octanol–water partition coefficient (Wildman–Crippen LogP) is 4.21. The Hall–Kier alpha value is -2.64. The molecule has 0 aliphatic carbocycles. The lowest BCUT2D eigenvalue weighted by molar-refractivity contribution is -0.123. The minimum atomic E-state index is -0.348. The van der Waals surface area contributed by atoms with Gasteiger partial charge in [-0.3, -0.25) is 14.5 Å². The van der Waals surface area contributed by atoms with Crippen LogP contribution in [0.25, 0.3) is 6.08 Å². The fraction of sp³-hybridized carbons (Fsp3) is 0.273. The maximum absolute atomic E-state index is 14.6. The SMILES string of the molecule is Cc1cccc(CN2C(=O)S/C(=C\c3ccc(N4CCOCC4)c(F)c3)C2=O)c1. The summed E-state index contributed by atoms with van der Waals surface area (Å²) in [5.41, 5.74) is 3.05. The van der Waals surface area contributed by atoms with E-state index in [4.69, 9.17) is 4.74 Å². The molecule has 29 heavy (non-hydrogen) atoms. The summed E-state index contributed by atoms with van der Waals surface area (Å²) in [5.74, 6) is -0.696. The highest BCUT2D eigenvalue weighted by atomic mass is 32.2. The number of thioether (sulfide) groups is 1. The Labute approximate surface area is 173 Å². The van der Waals surface area contributed by atoms with Crippen LogP contribution >= 0.6 is 11.8 Å². The monoisotopic (exact) mass is 412 g/mol. The standard InChI is InChI=1S/C22H21FN2O3S/c1-15-3-2-4-17(11-15)14-25-21(26)20(29-22(25)27)13-16-5-6-19(18(23)12-16)24-7-9-28-10-8-24/h2-6,11-13H,7-10,14H2,1H3/b20-13-. The molecule has 2 aromatic rings. The zero-order valence-corrected chi connectivity index (χ0v) is 16.9. The molecular weight excluding hydrogens is 391 g/mol. The van der Waals surface area contributed by atoms with Crippen molar-refractivity contribution in [3.8, 4) is 0 Å². The fourth-order valence-electron chi connectivity index (χ4n) is 3.45. The van der Waals surface area contributed by atoms with Gasteiger partial charge in [-0.05, 0) is 48.0 Å². The van der Waals surface area contributed by atoms with Crippen molar-refractivity contribution < 1.29 is 18.7 Å². The van der Waals surface area contributed by atoms with Gasteiger partial charge in [0.05, 0.1) is 30.4 Å². The van der Waals surface area contributed by atoms with Crippen LogP contribution in [0.3, 0.4) is 0 Å². The molecule has 7 heteroatoms. The van der Waals surface area contributed by atoms with Crippen molar-refractivity contribution in [1.82, 2.24) is 4.90 Å². The van der Waals surface area contributed by atoms with Crippen molar-refractivity contribution in [3.63, 3.8) is 0 Å². The zero-order valence-electron chi connectivity index (χ0n) is 16.1. The molecule has 5 nitrogen and oxygen atoms in total. The van der Waals surface area contributed by atoms with E-state index in [1.165, 1.54) is 11.0 Å². The van der Waals surface area contributed by atoms with E-state index in [1.807, 2.05) is 36.1 Å². The fourth-order valence-corrected chi connectivity index (χ4v) is 4.29. The molecule has 0 unspecified atom stereocenters. The number of anilines is 1. The van der Waals surface area contributed by atoms with E-state index < -0.39 is 0 Å². The number of rotatable bonds is 4. The molecule has 2 amide bonds. The average molecular weight is 412 g/mol. The number of carbonyl (C=O) groups is 2. The number of amides is 2. The number of benzene rings is 2. The van der Waals surface area contributed by atoms with Gasteiger partial charge in [-0.2, -0.15) is 0 Å². The highest BCUT2D eigenvalue weighted by molar-refractivity contribution is 8.18. The smallest absolute Gasteiger partial charge is 0.293 e. The molecule has 4 rings (SSSR count). The second-order valence-electron chi connectivity index (χ2n) is 7.07. The normalized spacial score (nSPS) is 18.8. The number of nitrogens with zero attached hydrogens (tertiary/aromatic N) is 2. The van der Waals surface area contributed by atoms with Gasteiger partial charge in [-0.15, -0.1) is 0 Å². The lowest BCUT2D eigenvalue weighted by Crippen LogP contribution is -2.36. The molecule has 0 radical (unpaired) electrons. The molecule has 2 aliphatic rings. The summed E-state index contributed by atoms with van der Waals surface area (Å²) < 4.78 is 19.9. The van der Waals surface area contributed by atoms with Crippen molar-refractivity contribution in [2.75, 3.05) is 31.2 Å². The van der Waals surface area contributed by atoms with Crippen molar-refractivity contribution in [1.29, 1.82) is 0 Å². The first-order valence-electron chi connectivity index (χ1n) is 9.44. The Morgan fingerprint density at radius 3 is 2.66 bits per heavy atom. The third-order valence-corrected chi connectivity index (χ3v) is 5.83. The predicted molar refractivity (Wildman–Crippen MR) is 112 cm³/mol. The van der Waals surface area contributed by atoms with E-state index in [1.54, 1.807) is 18.2 Å². The molecule has 0 N–H and O–H groups in total. The van der Waals surface area contributed by atoms with Crippen LogP contribution in [0.2, 0.25) is 0 Å². The summed E-state index contributed by atoms with van der Waals surface area (Å²) in [5, 5.41) is -0.312. The maximum Gasteiger partial charge on any atom is 0.293 e. The van der Waals surface area contributed by atoms with Crippen molar-refractivity contribution in [2.45, 2.75) is 13.5 Å². The summed E-state index contributed by atoms with van der Waals surface area (Å²) in [6.07, 6.45) is 1.58. The number of carbonyl (C=O) groups excluding carboxylic acids is 2. The minimum absolute atomic E-state index is 0.230. The molecule has 2 fully saturated rings. The summed E-state index contributed by atoms with van der Waals surface area (Å²) in [7, 11) is 0. The average Bonchev–Trinajstić information content (AvgIpc) is 2.96. The topological polar surface area (TPSA) is 49.9 Å². The highest BCUT2D eigenvalue weighted by Gasteiger charge is 2.35. The highest BCUT2D eigenvalue weighted by Crippen LogP contribution is 2.34. The van der Waals surface area contributed by atoms with Crippen molar-refractivity contribution >= 4 is 34.7 Å². The van der Waals surface area contributed by atoms with E-state index in [9.17, 15) is 14.0 Å². The number of halogens is 1. The van der Waals surface area contributed by atoms with Gasteiger partial charge >= 0.3 is 0 Å². The Balaban J connectivity index is 1.51. The number of hydrogen-bond donors (Lipinski definition) is 0. The Bertz CT molecular complexity index is 986. The van der Waals surface area contributed by atoms with Crippen LogP contribution in [0.15, 0.2) is 47.4 Å². The van der Waals surface area contributed by atoms with Crippen LogP contribution in [0.4, 0.5) is 14.9 Å². The van der Waals surface area contributed by atoms with Crippen LogP contribution in [0.5, 0.6) is 0 Å². The van der Waals surface area contributed by atoms with Gasteiger partial charge in [-0.1, -0.05) is 35.9 Å². The quantitative estimate of drug-likeness (QED) is 0.705. The van der Waals surface area contributed by atoms with E-state index in [0.717, 1.165) is 22.9 Å². The molecule has 0 aromatic heterocycles. The van der Waals surface area contributed by atoms with Crippen LogP contribution in [-0.2, 0) is 16.1 Å². The number of ether oxygens (including phenoxy) is 1. The summed E-state index contributed by atoms with van der Waals surface area (Å²) >= 11 is 0.887. The molecule has 2 heterocycles. The number of morpholine rings is 1. The summed E-state index contributed by atoms with van der Waals surface area (Å²) in [6, 6.07) is 12.6. The molecular formula is C22H21FN2O3S. The third-order valence-electron chi connectivity index (χ3n) is 4.92. The molecule has 2 saturated heterocycles. The van der Waals surface area contributed by atoms with Gasteiger partial charge in [0.1, 0.15) is 5.82 Å². The Morgan fingerprint density at radius 1 is 1.14 bits per heavy atom. The Morgan fingerprint density at radius 2 is 1.93 bits per heavy atom. The first-order valence-corrected chi connectivity index (χ1v) is 10.3. The van der Waals surface area contributed by atoms with E-state index in [-0.39, 0.29) is 23.5 Å². The van der Waals surface area contributed by atoms with Gasteiger partial charge in [0.25, 0.3) is 11.1 Å². The first-order chi connectivity index (χ1) is 14.0. The largest absolute Gasteiger partial charge is 0.378 e. The minimum Gasteiger partial charge on any atom is -0.378 e. The zero-order chi connectivity index (χ0) is 20.4. The second-order valence-corrected chi connectivity index (χ2v) is 8.06. The third kappa shape index (κ3) is 4.36. The molecule has 2 aromatic carbocycles. The summed E-state index contributed by atoms with van der Waals surface area (Å²) in [4.78, 5) is 28.5. The first kappa shape index (κ1) is 19.7. The van der Waals surface area contributed by atoms with Crippen molar-refractivity contribution in [3.05, 3.63) is 69.9 Å². The molecule has 0 saturated carbocycles. The van der Waals surface area contributed by atoms with Crippen LogP contribution in [0.1, 0.15) is 16.7 Å². The van der Waals surface area contributed by atoms with Gasteiger partial charge in [0.2, 0.25) is 0 Å². The molecule has 0 atom stereocenters. The van der Waals surface area contributed by atoms with E-state index in [2.05, 4.69) is 0 Å². The number of hydrogen-bond acceptors (Lipinski definition) is 5. The van der Waals surface area contributed by atoms with Gasteiger partial charge < -0.3 is 9.64 Å². The molecule has 2 aliphatic heterocycles. The summed E-state index contributed by atoms with van der Waals surface area (Å²) in [6.45, 7) is 4.65. The second kappa shape index (κ2) is 8.39. The maximum atomic E-state index is 14.6. The van der Waals surface area contributed by atoms with Gasteiger partial charge in [0, 0.05) is 13.1 Å². The van der Waals surface area contributed by atoms with Gasteiger partial charge in [-0.25, -0.2) is 4.39 Å². The Kier molecular flexibility index (Phi) is 5.69. The molecule has 150 valence electrons. The number of aryl methyl sites for hydroxylation is 1. The molecule has 0 spiro atoms. The lowest BCUT2D eigenvalue weighted by atomic mass is 10.1. The van der Waals surface area contributed by atoms with Crippen LogP contribution < -0.4 is 4.90 Å². The lowest BCUT2D eigenvalue weighted by Gasteiger charge is -2.29.